The number of carbonyl (C=O) groups is 3. The largest absolute Gasteiger partial charge is 0.447 e. The van der Waals surface area contributed by atoms with Gasteiger partial charge in [0.2, 0.25) is 0 Å². The number of hydrogen-bond acceptors (Lipinski definition) is 8. The van der Waals surface area contributed by atoms with Gasteiger partial charge in [0.25, 0.3) is 11.8 Å². The highest BCUT2D eigenvalue weighted by Crippen LogP contribution is 2.38. The molecule has 2 atom stereocenters. The summed E-state index contributed by atoms with van der Waals surface area (Å²) in [6.07, 6.45) is 0.847. The molecule has 33 heavy (non-hydrogen) atoms. The van der Waals surface area contributed by atoms with Crippen LogP contribution in [0.15, 0.2) is 71.1 Å². The molecule has 2 unspecified atom stereocenters. The zero-order chi connectivity index (χ0) is 23.0. The van der Waals surface area contributed by atoms with E-state index in [1.807, 2.05) is 54.6 Å². The van der Waals surface area contributed by atoms with Gasteiger partial charge in [-0.2, -0.15) is 0 Å². The lowest BCUT2D eigenvalue weighted by atomic mass is 10.2. The molecule has 2 heterocycles. The molecule has 4 rings (SSSR count). The molecule has 0 saturated carbocycles. The third-order valence-corrected chi connectivity index (χ3v) is 7.07. The van der Waals surface area contributed by atoms with Crippen LogP contribution in [-0.4, -0.2) is 47.6 Å². The Morgan fingerprint density at radius 1 is 1.03 bits per heavy atom. The first-order chi connectivity index (χ1) is 16.1. The number of alkyl carbamates (subject to hydrolysis) is 1. The van der Waals surface area contributed by atoms with Crippen LogP contribution in [-0.2, 0) is 25.7 Å². The molecule has 3 N–H and O–H groups in total. The van der Waals surface area contributed by atoms with Crippen molar-refractivity contribution in [2.45, 2.75) is 22.3 Å². The normalized spacial score (nSPS) is 18.6. The van der Waals surface area contributed by atoms with Crippen molar-refractivity contribution in [2.75, 3.05) is 24.3 Å². The van der Waals surface area contributed by atoms with Crippen LogP contribution in [0.1, 0.15) is 5.56 Å². The highest BCUT2D eigenvalue weighted by Gasteiger charge is 2.33. The lowest BCUT2D eigenvalue weighted by Crippen LogP contribution is -2.44. The van der Waals surface area contributed by atoms with Crippen LogP contribution in [0.3, 0.4) is 0 Å². The fourth-order valence-electron chi connectivity index (χ4n) is 3.23. The van der Waals surface area contributed by atoms with Gasteiger partial charge in [-0.05, 0) is 17.7 Å². The maximum atomic E-state index is 12.7. The maximum absolute atomic E-state index is 12.7. The first kappa shape index (κ1) is 23.2. The average Bonchev–Trinajstić information content (AvgIpc) is 3.46. The highest BCUT2D eigenvalue weighted by molar-refractivity contribution is 8.01. The number of carbonyl (C=O) groups excluding carboxylic acids is 3. The third-order valence-electron chi connectivity index (χ3n) is 4.83. The molecule has 2 aliphatic rings. The van der Waals surface area contributed by atoms with Crippen molar-refractivity contribution in [1.82, 2.24) is 10.6 Å². The zero-order valence-electron chi connectivity index (χ0n) is 17.6. The molecule has 3 amide bonds. The van der Waals surface area contributed by atoms with Crippen molar-refractivity contribution in [3.05, 3.63) is 71.8 Å². The first-order valence-corrected chi connectivity index (χ1v) is 12.3. The summed E-state index contributed by atoms with van der Waals surface area (Å²) in [5.41, 5.74) is 2.25. The second-order valence-electron chi connectivity index (χ2n) is 7.15. The highest BCUT2D eigenvalue weighted by atomic mass is 32.2. The fraction of sp³-hybridized carbons (Fsp3) is 0.261. The number of hydrogen-bond donors (Lipinski definition) is 3. The SMILES string of the molecule is O=C(NC(=O)C1=CCSC1NC(=O)C1Nc2ccccc2S1)OCCOCc1ccccc1. The van der Waals surface area contributed by atoms with Crippen LogP contribution < -0.4 is 16.0 Å². The summed E-state index contributed by atoms with van der Waals surface area (Å²) in [5, 5.41) is 7.23. The van der Waals surface area contributed by atoms with Gasteiger partial charge in [0.1, 0.15) is 12.0 Å². The Balaban J connectivity index is 1.18. The average molecular weight is 486 g/mol. The summed E-state index contributed by atoms with van der Waals surface area (Å²) in [6.45, 7) is 0.642. The Bertz CT molecular complexity index is 1020. The van der Waals surface area contributed by atoms with Gasteiger partial charge in [-0.25, -0.2) is 4.79 Å². The minimum Gasteiger partial charge on any atom is -0.447 e. The number of thioether (sulfide) groups is 2. The van der Waals surface area contributed by atoms with Crippen molar-refractivity contribution < 1.29 is 23.9 Å². The molecule has 2 aliphatic heterocycles. The molecule has 8 nitrogen and oxygen atoms in total. The molecule has 0 aromatic heterocycles. The minimum absolute atomic E-state index is 0.0189. The number of nitrogens with one attached hydrogen (secondary N) is 3. The van der Waals surface area contributed by atoms with Crippen molar-refractivity contribution in [2.24, 2.45) is 0 Å². The predicted molar refractivity (Wildman–Crippen MR) is 128 cm³/mol. The van der Waals surface area contributed by atoms with Crippen molar-refractivity contribution in [3.8, 4) is 0 Å². The van der Waals surface area contributed by atoms with Crippen molar-refractivity contribution in [1.29, 1.82) is 0 Å². The van der Waals surface area contributed by atoms with E-state index in [1.165, 1.54) is 23.5 Å². The van der Waals surface area contributed by atoms with E-state index in [-0.39, 0.29) is 19.1 Å². The number of benzene rings is 2. The molecule has 0 aliphatic carbocycles. The van der Waals surface area contributed by atoms with E-state index in [4.69, 9.17) is 9.47 Å². The van der Waals surface area contributed by atoms with Gasteiger partial charge < -0.3 is 20.1 Å². The van der Waals surface area contributed by atoms with Crippen molar-refractivity contribution >= 4 is 47.1 Å². The Labute approximate surface area is 199 Å². The number of fused-ring (bicyclic) bond motifs is 1. The van der Waals surface area contributed by atoms with Crippen LogP contribution in [0.25, 0.3) is 0 Å². The summed E-state index contributed by atoms with van der Waals surface area (Å²) in [6, 6.07) is 17.3. The molecule has 172 valence electrons. The molecule has 2 aromatic carbocycles. The topological polar surface area (TPSA) is 106 Å². The summed E-state index contributed by atoms with van der Waals surface area (Å²) < 4.78 is 10.5. The van der Waals surface area contributed by atoms with E-state index in [0.29, 0.717) is 17.9 Å². The van der Waals surface area contributed by atoms with E-state index in [2.05, 4.69) is 16.0 Å². The molecular formula is C23H23N3O5S2. The Kier molecular flexibility index (Phi) is 7.92. The van der Waals surface area contributed by atoms with Gasteiger partial charge in [-0.1, -0.05) is 60.3 Å². The fourth-order valence-corrected chi connectivity index (χ4v) is 5.31. The van der Waals surface area contributed by atoms with Crippen LogP contribution in [0, 0.1) is 0 Å². The van der Waals surface area contributed by atoms with E-state index in [0.717, 1.165) is 16.1 Å². The van der Waals surface area contributed by atoms with Crippen molar-refractivity contribution in [3.63, 3.8) is 0 Å². The van der Waals surface area contributed by atoms with E-state index >= 15 is 0 Å². The zero-order valence-corrected chi connectivity index (χ0v) is 19.2. The van der Waals surface area contributed by atoms with Gasteiger partial charge >= 0.3 is 6.09 Å². The lowest BCUT2D eigenvalue weighted by molar-refractivity contribution is -0.120. The minimum atomic E-state index is -0.852. The standard InChI is InChI=1S/C23H23N3O5S2/c27-19(26-23(29)31-12-11-30-14-15-6-2-1-3-7-15)16-10-13-32-21(16)25-20(28)22-24-17-8-4-5-9-18(17)33-22/h1-10,21-22,24H,11-14H2,(H,25,28)(H,26,27,29). The number of rotatable bonds is 8. The second-order valence-corrected chi connectivity index (χ2v) is 9.43. The molecular weight excluding hydrogens is 462 g/mol. The molecule has 0 radical (unpaired) electrons. The molecule has 0 saturated heterocycles. The number of para-hydroxylation sites is 1. The third kappa shape index (κ3) is 6.31. The van der Waals surface area contributed by atoms with Gasteiger partial charge in [0, 0.05) is 21.9 Å². The predicted octanol–water partition coefficient (Wildman–Crippen LogP) is 3.12. The molecule has 10 heteroatoms. The van der Waals surface area contributed by atoms with Gasteiger partial charge in [0.15, 0.2) is 5.37 Å². The summed E-state index contributed by atoms with van der Waals surface area (Å²) in [7, 11) is 0. The Hall–Kier alpha value is -2.95. The van der Waals surface area contributed by atoms with Crippen LogP contribution in [0.5, 0.6) is 0 Å². The molecule has 2 aromatic rings. The van der Waals surface area contributed by atoms with Gasteiger partial charge in [0.05, 0.1) is 13.2 Å². The lowest BCUT2D eigenvalue weighted by Gasteiger charge is -2.18. The molecule has 0 bridgehead atoms. The second kappa shape index (κ2) is 11.3. The summed E-state index contributed by atoms with van der Waals surface area (Å²) in [4.78, 5) is 38.2. The van der Waals surface area contributed by atoms with Gasteiger partial charge in [-0.15, -0.1) is 11.8 Å². The van der Waals surface area contributed by atoms with E-state index in [9.17, 15) is 14.4 Å². The number of anilines is 1. The maximum Gasteiger partial charge on any atom is 0.414 e. The number of ether oxygens (including phenoxy) is 2. The summed E-state index contributed by atoms with van der Waals surface area (Å²) >= 11 is 2.83. The quantitative estimate of drug-likeness (QED) is 0.490. The van der Waals surface area contributed by atoms with Crippen LogP contribution >= 0.6 is 23.5 Å². The number of imide groups is 1. The van der Waals surface area contributed by atoms with Gasteiger partial charge in [-0.3, -0.25) is 14.9 Å². The van der Waals surface area contributed by atoms with E-state index in [1.54, 1.807) is 6.08 Å². The smallest absolute Gasteiger partial charge is 0.414 e. The first-order valence-electron chi connectivity index (χ1n) is 10.3. The monoisotopic (exact) mass is 485 g/mol. The van der Waals surface area contributed by atoms with E-state index < -0.39 is 22.7 Å². The Morgan fingerprint density at radius 3 is 2.64 bits per heavy atom. The Morgan fingerprint density at radius 2 is 1.82 bits per heavy atom. The summed E-state index contributed by atoms with van der Waals surface area (Å²) in [5.74, 6) is -0.259. The molecule has 0 spiro atoms. The molecule has 0 fully saturated rings. The van der Waals surface area contributed by atoms with Crippen LogP contribution in [0.2, 0.25) is 0 Å². The number of amides is 3. The van der Waals surface area contributed by atoms with Crippen LogP contribution in [0.4, 0.5) is 10.5 Å².